The van der Waals surface area contributed by atoms with Gasteiger partial charge in [0, 0.05) is 23.6 Å². The van der Waals surface area contributed by atoms with Crippen LogP contribution < -0.4 is 5.32 Å². The lowest BCUT2D eigenvalue weighted by Crippen LogP contribution is -2.14. The van der Waals surface area contributed by atoms with Crippen molar-refractivity contribution < 1.29 is 18.7 Å². The smallest absolute Gasteiger partial charge is 0.337 e. The number of aromatic nitrogens is 3. The zero-order chi connectivity index (χ0) is 18.4. The average molecular weight is 370 g/mol. The maximum atomic E-state index is 12.1. The van der Waals surface area contributed by atoms with Gasteiger partial charge in [0.25, 0.3) is 5.22 Å². The van der Waals surface area contributed by atoms with Gasteiger partial charge < -0.3 is 14.5 Å². The maximum Gasteiger partial charge on any atom is 0.337 e. The van der Waals surface area contributed by atoms with Gasteiger partial charge in [0.2, 0.25) is 11.8 Å². The summed E-state index contributed by atoms with van der Waals surface area (Å²) >= 11 is 1.12. The molecule has 1 N–H and O–H groups in total. The first-order valence-electron chi connectivity index (χ1n) is 7.50. The second-order valence-corrected chi connectivity index (χ2v) is 5.94. The van der Waals surface area contributed by atoms with E-state index < -0.39 is 5.97 Å². The predicted molar refractivity (Wildman–Crippen MR) is 94.7 cm³/mol. The average Bonchev–Trinajstić information content (AvgIpc) is 3.16. The highest BCUT2D eigenvalue weighted by Gasteiger charge is 2.12. The van der Waals surface area contributed by atoms with E-state index in [2.05, 4.69) is 25.2 Å². The number of nitrogens with one attached hydrogen (secondary N) is 1. The Hall–Kier alpha value is -3.20. The van der Waals surface area contributed by atoms with Crippen LogP contribution in [-0.2, 0) is 9.53 Å². The number of methoxy groups -OCH3 is 1. The van der Waals surface area contributed by atoms with Gasteiger partial charge in [-0.2, -0.15) is 0 Å². The van der Waals surface area contributed by atoms with Crippen molar-refractivity contribution in [3.8, 4) is 11.5 Å². The number of pyridine rings is 1. The zero-order valence-corrected chi connectivity index (χ0v) is 14.5. The van der Waals surface area contributed by atoms with E-state index in [9.17, 15) is 9.59 Å². The number of ether oxygens (including phenoxy) is 1. The number of thioether (sulfide) groups is 1. The van der Waals surface area contributed by atoms with E-state index in [1.807, 2.05) is 0 Å². The molecule has 1 amide bonds. The highest BCUT2D eigenvalue weighted by Crippen LogP contribution is 2.22. The largest absolute Gasteiger partial charge is 0.465 e. The van der Waals surface area contributed by atoms with E-state index in [1.54, 1.807) is 48.8 Å². The molecule has 3 rings (SSSR count). The van der Waals surface area contributed by atoms with Crippen LogP contribution in [0.1, 0.15) is 10.4 Å². The van der Waals surface area contributed by atoms with Gasteiger partial charge >= 0.3 is 5.97 Å². The molecular formula is C17H14N4O4S. The zero-order valence-electron chi connectivity index (χ0n) is 13.7. The summed E-state index contributed by atoms with van der Waals surface area (Å²) in [6, 6.07) is 10.0. The van der Waals surface area contributed by atoms with Crippen LogP contribution in [-0.4, -0.2) is 39.9 Å². The van der Waals surface area contributed by atoms with E-state index in [0.29, 0.717) is 17.1 Å². The number of nitrogens with zero attached hydrogens (tertiary/aromatic N) is 3. The van der Waals surface area contributed by atoms with Gasteiger partial charge in [-0.3, -0.25) is 9.78 Å². The number of hydrogen-bond donors (Lipinski definition) is 1. The molecule has 1 aromatic carbocycles. The quantitative estimate of drug-likeness (QED) is 0.521. The molecule has 0 spiro atoms. The summed E-state index contributed by atoms with van der Waals surface area (Å²) in [6.45, 7) is 0. The number of benzene rings is 1. The number of hydrogen-bond acceptors (Lipinski definition) is 8. The molecule has 0 aliphatic heterocycles. The summed E-state index contributed by atoms with van der Waals surface area (Å²) in [7, 11) is 1.30. The van der Waals surface area contributed by atoms with Crippen LogP contribution in [0.3, 0.4) is 0 Å². The van der Waals surface area contributed by atoms with E-state index in [0.717, 1.165) is 17.3 Å². The highest BCUT2D eigenvalue weighted by molar-refractivity contribution is 7.99. The van der Waals surface area contributed by atoms with Crippen molar-refractivity contribution in [2.24, 2.45) is 0 Å². The molecule has 0 saturated carbocycles. The van der Waals surface area contributed by atoms with Gasteiger partial charge in [-0.15, -0.1) is 10.2 Å². The van der Waals surface area contributed by atoms with E-state index in [1.165, 1.54) is 7.11 Å². The molecule has 0 radical (unpaired) electrons. The Morgan fingerprint density at radius 1 is 1.19 bits per heavy atom. The first-order valence-corrected chi connectivity index (χ1v) is 8.49. The highest BCUT2D eigenvalue weighted by atomic mass is 32.2. The number of anilines is 1. The standard InChI is InChI=1S/C17H14N4O4S/c1-24-16(23)12-3-2-4-13(9-12)19-14(22)10-26-17-21-20-15(25-17)11-5-7-18-8-6-11/h2-9H,10H2,1H3,(H,19,22). The molecule has 26 heavy (non-hydrogen) atoms. The molecule has 9 heteroatoms. The van der Waals surface area contributed by atoms with Crippen molar-refractivity contribution in [1.82, 2.24) is 15.2 Å². The number of carbonyl (C=O) groups is 2. The monoisotopic (exact) mass is 370 g/mol. The van der Waals surface area contributed by atoms with E-state index in [4.69, 9.17) is 4.42 Å². The molecule has 132 valence electrons. The van der Waals surface area contributed by atoms with Crippen LogP contribution in [0.15, 0.2) is 58.4 Å². The maximum absolute atomic E-state index is 12.1. The topological polar surface area (TPSA) is 107 Å². The first-order chi connectivity index (χ1) is 12.7. The van der Waals surface area contributed by atoms with Gasteiger partial charge in [0.15, 0.2) is 0 Å². The van der Waals surface area contributed by atoms with Gasteiger partial charge in [-0.05, 0) is 30.3 Å². The van der Waals surface area contributed by atoms with Crippen molar-refractivity contribution >= 4 is 29.3 Å². The molecule has 2 aromatic heterocycles. The van der Waals surface area contributed by atoms with Gasteiger partial charge in [-0.1, -0.05) is 17.8 Å². The van der Waals surface area contributed by atoms with Gasteiger partial charge in [0.05, 0.1) is 18.4 Å². The second-order valence-electron chi connectivity index (χ2n) is 5.02. The molecule has 0 unspecified atom stereocenters. The molecule has 3 aromatic rings. The first kappa shape index (κ1) is 17.6. The third kappa shape index (κ3) is 4.45. The second kappa shape index (κ2) is 8.26. The summed E-state index contributed by atoms with van der Waals surface area (Å²) < 4.78 is 10.2. The Kier molecular flexibility index (Phi) is 5.59. The molecule has 0 atom stereocenters. The summed E-state index contributed by atoms with van der Waals surface area (Å²) in [5.41, 5.74) is 1.61. The Morgan fingerprint density at radius 3 is 2.77 bits per heavy atom. The van der Waals surface area contributed by atoms with Crippen molar-refractivity contribution in [3.05, 3.63) is 54.4 Å². The van der Waals surface area contributed by atoms with Crippen molar-refractivity contribution in [1.29, 1.82) is 0 Å². The lowest BCUT2D eigenvalue weighted by molar-refractivity contribution is -0.113. The van der Waals surface area contributed by atoms with Crippen LogP contribution in [0.2, 0.25) is 0 Å². The molecule has 8 nitrogen and oxygen atoms in total. The minimum atomic E-state index is -0.468. The van der Waals surface area contributed by atoms with Crippen LogP contribution in [0.5, 0.6) is 0 Å². The molecule has 0 saturated heterocycles. The third-order valence-corrected chi connectivity index (χ3v) is 4.05. The molecule has 0 bridgehead atoms. The molecule has 2 heterocycles. The van der Waals surface area contributed by atoms with Crippen LogP contribution >= 0.6 is 11.8 Å². The number of rotatable bonds is 6. The fraction of sp³-hybridized carbons (Fsp3) is 0.118. The van der Waals surface area contributed by atoms with Crippen LogP contribution in [0.25, 0.3) is 11.5 Å². The minimum Gasteiger partial charge on any atom is -0.465 e. The predicted octanol–water partition coefficient (Wildman–Crippen LogP) is 2.65. The summed E-state index contributed by atoms with van der Waals surface area (Å²) in [5, 5.41) is 10.8. The molecule has 0 aliphatic rings. The summed E-state index contributed by atoms with van der Waals surface area (Å²) in [5.74, 6) is -0.285. The van der Waals surface area contributed by atoms with Crippen molar-refractivity contribution in [2.75, 3.05) is 18.2 Å². The normalized spacial score (nSPS) is 10.3. The van der Waals surface area contributed by atoms with Crippen LogP contribution in [0.4, 0.5) is 5.69 Å². The summed E-state index contributed by atoms with van der Waals surface area (Å²) in [6.07, 6.45) is 3.25. The lowest BCUT2D eigenvalue weighted by atomic mass is 10.2. The molecular weight excluding hydrogens is 356 g/mol. The third-order valence-electron chi connectivity index (χ3n) is 3.23. The number of esters is 1. The fourth-order valence-electron chi connectivity index (χ4n) is 2.05. The molecule has 0 aliphatic carbocycles. The van der Waals surface area contributed by atoms with Crippen molar-refractivity contribution in [2.45, 2.75) is 5.22 Å². The SMILES string of the molecule is COC(=O)c1cccc(NC(=O)CSc2nnc(-c3ccncc3)o2)c1. The Bertz CT molecular complexity index is 914. The van der Waals surface area contributed by atoms with Crippen LogP contribution in [0, 0.1) is 0 Å². The number of carbonyl (C=O) groups excluding carboxylic acids is 2. The minimum absolute atomic E-state index is 0.0838. The number of amides is 1. The van der Waals surface area contributed by atoms with E-state index >= 15 is 0 Å². The lowest BCUT2D eigenvalue weighted by Gasteiger charge is -2.05. The Morgan fingerprint density at radius 2 is 2.00 bits per heavy atom. The van der Waals surface area contributed by atoms with Gasteiger partial charge in [-0.25, -0.2) is 4.79 Å². The van der Waals surface area contributed by atoms with Crippen molar-refractivity contribution in [3.63, 3.8) is 0 Å². The fourth-order valence-corrected chi connectivity index (χ4v) is 2.61. The van der Waals surface area contributed by atoms with E-state index in [-0.39, 0.29) is 16.9 Å². The van der Waals surface area contributed by atoms with Gasteiger partial charge in [0.1, 0.15) is 0 Å². The Labute approximate surface area is 153 Å². The summed E-state index contributed by atoms with van der Waals surface area (Å²) in [4.78, 5) is 27.5. The Balaban J connectivity index is 1.56. The molecule has 0 fully saturated rings.